The van der Waals surface area contributed by atoms with E-state index in [2.05, 4.69) is 0 Å². The van der Waals surface area contributed by atoms with Gasteiger partial charge in [-0.15, -0.1) is 0 Å². The third-order valence-electron chi connectivity index (χ3n) is 1.47. The minimum atomic E-state index is 0.228. The van der Waals surface area contributed by atoms with Crippen molar-refractivity contribution in [1.82, 2.24) is 0 Å². The maximum absolute atomic E-state index is 7.61. The van der Waals surface area contributed by atoms with Crippen LogP contribution in [0, 0.1) is 0 Å². The van der Waals surface area contributed by atoms with E-state index < -0.39 is 0 Å². The van der Waals surface area contributed by atoms with Gasteiger partial charge in [0.1, 0.15) is 17.2 Å². The van der Waals surface area contributed by atoms with Gasteiger partial charge < -0.3 is 14.2 Å². The first-order chi connectivity index (χ1) is 6.22. The molecular formula is C9H12O3. The highest BCUT2D eigenvalue weighted by Crippen LogP contribution is 2.26. The summed E-state index contributed by atoms with van der Waals surface area (Å²) in [5.74, 6) is 1.50. The Balaban J connectivity index is 3.20. The Morgan fingerprint density at radius 3 is 1.67 bits per heavy atom. The van der Waals surface area contributed by atoms with Crippen LogP contribution < -0.4 is 14.2 Å². The molecule has 0 bridgehead atoms. The molecule has 0 radical (unpaired) electrons. The van der Waals surface area contributed by atoms with Crippen LogP contribution in [0.15, 0.2) is 18.2 Å². The second-order valence-electron chi connectivity index (χ2n) is 2.16. The molecule has 3 heteroatoms. The van der Waals surface area contributed by atoms with E-state index in [1.165, 1.54) is 14.2 Å². The monoisotopic (exact) mass is 169 g/mol. The van der Waals surface area contributed by atoms with Crippen molar-refractivity contribution in [2.24, 2.45) is 0 Å². The second kappa shape index (κ2) is 3.85. The average molecular weight is 169 g/mol. The summed E-state index contributed by atoms with van der Waals surface area (Å²) in [4.78, 5) is 0. The molecule has 1 aromatic carbocycles. The zero-order valence-corrected chi connectivity index (χ0v) is 7.38. The number of benzene rings is 1. The summed E-state index contributed by atoms with van der Waals surface area (Å²) in [6.07, 6.45) is 0. The van der Waals surface area contributed by atoms with Gasteiger partial charge in [0.25, 0.3) is 0 Å². The highest BCUT2D eigenvalue weighted by atomic mass is 16.5. The lowest BCUT2D eigenvalue weighted by Crippen LogP contribution is -1.89. The van der Waals surface area contributed by atoms with Crippen LogP contribution in [-0.2, 0) is 0 Å². The van der Waals surface area contributed by atoms with Crippen molar-refractivity contribution in [1.29, 1.82) is 0 Å². The fourth-order valence-corrected chi connectivity index (χ4v) is 0.831. The fourth-order valence-electron chi connectivity index (χ4n) is 0.831. The molecule has 0 aliphatic rings. The predicted octanol–water partition coefficient (Wildman–Crippen LogP) is 1.71. The normalized spacial score (nSPS) is 10.4. The van der Waals surface area contributed by atoms with E-state index in [-0.39, 0.29) is 6.04 Å². The van der Waals surface area contributed by atoms with Crippen LogP contribution in [0.1, 0.15) is 1.37 Å². The number of rotatable bonds is 3. The Labute approximate surface area is 73.3 Å². The Hall–Kier alpha value is -1.38. The maximum Gasteiger partial charge on any atom is 0.126 e. The largest absolute Gasteiger partial charge is 0.496 e. The van der Waals surface area contributed by atoms with Crippen LogP contribution in [-0.4, -0.2) is 21.3 Å². The Bertz CT molecular complexity index is 274. The molecule has 1 rings (SSSR count). The molecule has 0 atom stereocenters. The highest BCUT2D eigenvalue weighted by molar-refractivity contribution is 5.41. The first kappa shape index (κ1) is 7.28. The molecule has 66 valence electrons. The van der Waals surface area contributed by atoms with Gasteiger partial charge in [-0.2, -0.15) is 0 Å². The van der Waals surface area contributed by atoms with Gasteiger partial charge in [0, 0.05) is 18.2 Å². The van der Waals surface area contributed by atoms with E-state index in [0.29, 0.717) is 17.2 Å². The molecular weight excluding hydrogens is 156 g/mol. The van der Waals surface area contributed by atoms with E-state index in [4.69, 9.17) is 15.6 Å². The lowest BCUT2D eigenvalue weighted by molar-refractivity contribution is 0.375. The standard InChI is InChI=1S/C9H12O3/c1-10-7-4-8(11-2)6-9(5-7)12-3/h4-6H,1-3H3/i4D. The molecule has 12 heavy (non-hydrogen) atoms. The minimum absolute atomic E-state index is 0.228. The lowest BCUT2D eigenvalue weighted by atomic mass is 10.3. The van der Waals surface area contributed by atoms with E-state index in [1.54, 1.807) is 19.2 Å². The van der Waals surface area contributed by atoms with E-state index in [1.807, 2.05) is 0 Å². The minimum Gasteiger partial charge on any atom is -0.496 e. The topological polar surface area (TPSA) is 27.7 Å². The molecule has 0 aliphatic carbocycles. The number of methoxy groups -OCH3 is 3. The SMILES string of the molecule is [2H]c1c(OC)cc(OC)cc1OC. The van der Waals surface area contributed by atoms with Crippen molar-refractivity contribution < 1.29 is 15.6 Å². The molecule has 3 nitrogen and oxygen atoms in total. The Morgan fingerprint density at radius 1 is 0.917 bits per heavy atom. The van der Waals surface area contributed by atoms with Gasteiger partial charge >= 0.3 is 0 Å². The summed E-state index contributed by atoms with van der Waals surface area (Å²) in [5, 5.41) is 0. The summed E-state index contributed by atoms with van der Waals surface area (Å²) >= 11 is 0. The number of ether oxygens (including phenoxy) is 3. The van der Waals surface area contributed by atoms with Crippen LogP contribution in [0.5, 0.6) is 17.2 Å². The zero-order chi connectivity index (χ0) is 9.84. The number of hydrogen-bond donors (Lipinski definition) is 0. The first-order valence-corrected chi connectivity index (χ1v) is 3.49. The molecule has 1 aromatic rings. The first-order valence-electron chi connectivity index (χ1n) is 3.99. The van der Waals surface area contributed by atoms with Gasteiger partial charge in [0.05, 0.1) is 22.7 Å². The van der Waals surface area contributed by atoms with Crippen LogP contribution in [0.2, 0.25) is 0 Å². The highest BCUT2D eigenvalue weighted by Gasteiger charge is 2.00. The van der Waals surface area contributed by atoms with Crippen LogP contribution in [0.3, 0.4) is 0 Å². The summed E-state index contributed by atoms with van der Waals surface area (Å²) in [6, 6.07) is 3.52. The van der Waals surface area contributed by atoms with Gasteiger partial charge in [0.15, 0.2) is 0 Å². The second-order valence-corrected chi connectivity index (χ2v) is 2.16. The van der Waals surface area contributed by atoms with Crippen molar-refractivity contribution in [3.05, 3.63) is 18.2 Å². The quantitative estimate of drug-likeness (QED) is 0.689. The number of hydrogen-bond acceptors (Lipinski definition) is 3. The van der Waals surface area contributed by atoms with Crippen LogP contribution in [0.4, 0.5) is 0 Å². The Morgan fingerprint density at radius 2 is 1.33 bits per heavy atom. The maximum atomic E-state index is 7.61. The smallest absolute Gasteiger partial charge is 0.126 e. The van der Waals surface area contributed by atoms with Gasteiger partial charge in [-0.05, 0) is 0 Å². The Kier molecular flexibility index (Phi) is 2.34. The molecule has 0 aliphatic heterocycles. The molecule has 0 unspecified atom stereocenters. The van der Waals surface area contributed by atoms with Gasteiger partial charge in [0.2, 0.25) is 0 Å². The van der Waals surface area contributed by atoms with E-state index in [9.17, 15) is 0 Å². The molecule has 0 saturated heterocycles. The van der Waals surface area contributed by atoms with Gasteiger partial charge in [-0.25, -0.2) is 0 Å². The summed E-state index contributed by atoms with van der Waals surface area (Å²) in [7, 11) is 4.57. The van der Waals surface area contributed by atoms with Crippen LogP contribution >= 0.6 is 0 Å². The molecule has 0 fully saturated rings. The molecule has 0 aromatic heterocycles. The summed E-state index contributed by atoms with van der Waals surface area (Å²) in [5.41, 5.74) is 0. The van der Waals surface area contributed by atoms with Crippen LogP contribution in [0.25, 0.3) is 0 Å². The molecule has 0 spiro atoms. The van der Waals surface area contributed by atoms with Gasteiger partial charge in [-0.3, -0.25) is 0 Å². The zero-order valence-electron chi connectivity index (χ0n) is 8.38. The molecule has 0 saturated carbocycles. The third kappa shape index (κ3) is 1.81. The van der Waals surface area contributed by atoms with Crippen molar-refractivity contribution >= 4 is 0 Å². The van der Waals surface area contributed by atoms with Crippen molar-refractivity contribution in [3.63, 3.8) is 0 Å². The lowest BCUT2D eigenvalue weighted by Gasteiger charge is -2.06. The fraction of sp³-hybridized carbons (Fsp3) is 0.333. The summed E-state index contributed by atoms with van der Waals surface area (Å²) < 4.78 is 22.6. The molecule has 0 amide bonds. The van der Waals surface area contributed by atoms with E-state index in [0.717, 1.165) is 0 Å². The van der Waals surface area contributed by atoms with Crippen molar-refractivity contribution in [3.8, 4) is 17.2 Å². The van der Waals surface area contributed by atoms with Crippen molar-refractivity contribution in [2.45, 2.75) is 0 Å². The van der Waals surface area contributed by atoms with Gasteiger partial charge in [-0.1, -0.05) is 0 Å². The predicted molar refractivity (Wildman–Crippen MR) is 46.1 cm³/mol. The average Bonchev–Trinajstić information content (AvgIpc) is 2.18. The molecule has 0 N–H and O–H groups in total. The summed E-state index contributed by atoms with van der Waals surface area (Å²) in [6.45, 7) is 0. The van der Waals surface area contributed by atoms with E-state index >= 15 is 0 Å². The molecule has 0 heterocycles. The van der Waals surface area contributed by atoms with Crippen molar-refractivity contribution in [2.75, 3.05) is 21.3 Å². The third-order valence-corrected chi connectivity index (χ3v) is 1.47.